The van der Waals surface area contributed by atoms with E-state index in [1.807, 2.05) is 11.7 Å². The maximum atomic E-state index is 9.03. The fourth-order valence-corrected chi connectivity index (χ4v) is 1.99. The van der Waals surface area contributed by atoms with Crippen LogP contribution in [0.5, 0.6) is 0 Å². The molecule has 0 aromatic carbocycles. The van der Waals surface area contributed by atoms with Crippen molar-refractivity contribution >= 4 is 0 Å². The molecule has 0 saturated heterocycles. The fourth-order valence-electron chi connectivity index (χ4n) is 1.99. The number of aryl methyl sites for hydroxylation is 1. The SMILES string of the molecule is Cn1nc(CO)c2c1CCCC2. The molecule has 0 fully saturated rings. The van der Waals surface area contributed by atoms with Crippen LogP contribution < -0.4 is 0 Å². The van der Waals surface area contributed by atoms with Crippen LogP contribution in [0, 0.1) is 0 Å². The molecule has 0 amide bonds. The van der Waals surface area contributed by atoms with Crippen LogP contribution in [-0.2, 0) is 26.5 Å². The fraction of sp³-hybridized carbons (Fsp3) is 0.667. The quantitative estimate of drug-likeness (QED) is 0.670. The van der Waals surface area contributed by atoms with Crippen molar-refractivity contribution in [1.82, 2.24) is 9.78 Å². The van der Waals surface area contributed by atoms with Crippen molar-refractivity contribution in [1.29, 1.82) is 0 Å². The second kappa shape index (κ2) is 2.90. The minimum absolute atomic E-state index is 0.0865. The monoisotopic (exact) mass is 166 g/mol. The molecule has 0 aliphatic heterocycles. The van der Waals surface area contributed by atoms with Gasteiger partial charge in [-0.3, -0.25) is 4.68 Å². The molecule has 1 N–H and O–H groups in total. The van der Waals surface area contributed by atoms with Gasteiger partial charge in [0.1, 0.15) is 0 Å². The smallest absolute Gasteiger partial charge is 0.0913 e. The lowest BCUT2D eigenvalue weighted by atomic mass is 9.96. The first-order valence-corrected chi connectivity index (χ1v) is 4.47. The zero-order valence-corrected chi connectivity index (χ0v) is 7.38. The summed E-state index contributed by atoms with van der Waals surface area (Å²) in [7, 11) is 1.96. The lowest BCUT2D eigenvalue weighted by Gasteiger charge is -2.11. The lowest BCUT2D eigenvalue weighted by Crippen LogP contribution is -2.05. The molecule has 0 unspecified atom stereocenters. The molecule has 2 rings (SSSR count). The van der Waals surface area contributed by atoms with Gasteiger partial charge in [-0.1, -0.05) is 0 Å². The zero-order valence-electron chi connectivity index (χ0n) is 7.38. The Morgan fingerprint density at radius 2 is 2.17 bits per heavy atom. The molecule has 0 radical (unpaired) electrons. The Morgan fingerprint density at radius 1 is 1.42 bits per heavy atom. The number of aliphatic hydroxyl groups excluding tert-OH is 1. The highest BCUT2D eigenvalue weighted by atomic mass is 16.3. The lowest BCUT2D eigenvalue weighted by molar-refractivity contribution is 0.274. The van der Waals surface area contributed by atoms with Crippen molar-refractivity contribution in [2.75, 3.05) is 0 Å². The molecule has 1 aromatic rings. The van der Waals surface area contributed by atoms with Crippen LogP contribution in [0.1, 0.15) is 29.8 Å². The Bertz CT molecular complexity index is 291. The van der Waals surface area contributed by atoms with Crippen LogP contribution in [-0.4, -0.2) is 14.9 Å². The Kier molecular flexibility index (Phi) is 1.89. The molecule has 1 aromatic heterocycles. The molecule has 3 heteroatoms. The summed E-state index contributed by atoms with van der Waals surface area (Å²) in [5, 5.41) is 13.3. The van der Waals surface area contributed by atoms with Gasteiger partial charge >= 0.3 is 0 Å². The van der Waals surface area contributed by atoms with Gasteiger partial charge in [0.2, 0.25) is 0 Å². The van der Waals surface area contributed by atoms with Crippen molar-refractivity contribution in [3.05, 3.63) is 17.0 Å². The first-order chi connectivity index (χ1) is 5.83. The predicted octanol–water partition coefficient (Wildman–Crippen LogP) is 0.791. The van der Waals surface area contributed by atoms with Gasteiger partial charge in [-0.15, -0.1) is 0 Å². The van der Waals surface area contributed by atoms with E-state index in [1.165, 1.54) is 24.1 Å². The van der Waals surface area contributed by atoms with Gasteiger partial charge in [0.25, 0.3) is 0 Å². The number of rotatable bonds is 1. The van der Waals surface area contributed by atoms with Gasteiger partial charge in [-0.05, 0) is 31.2 Å². The topological polar surface area (TPSA) is 38.0 Å². The van der Waals surface area contributed by atoms with Crippen molar-refractivity contribution in [3.8, 4) is 0 Å². The summed E-state index contributed by atoms with van der Waals surface area (Å²) in [5.41, 5.74) is 3.50. The summed E-state index contributed by atoms with van der Waals surface area (Å²) in [4.78, 5) is 0. The van der Waals surface area contributed by atoms with Crippen LogP contribution in [0.25, 0.3) is 0 Å². The average molecular weight is 166 g/mol. The summed E-state index contributed by atoms with van der Waals surface area (Å²) in [6.45, 7) is 0.0865. The van der Waals surface area contributed by atoms with E-state index >= 15 is 0 Å². The number of aromatic nitrogens is 2. The summed E-state index contributed by atoms with van der Waals surface area (Å²) >= 11 is 0. The Balaban J connectivity index is 2.47. The molecule has 0 saturated carbocycles. The molecular weight excluding hydrogens is 152 g/mol. The molecule has 0 atom stereocenters. The second-order valence-corrected chi connectivity index (χ2v) is 3.36. The van der Waals surface area contributed by atoms with Crippen molar-refractivity contribution in [3.63, 3.8) is 0 Å². The average Bonchev–Trinajstić information content (AvgIpc) is 2.44. The van der Waals surface area contributed by atoms with Gasteiger partial charge < -0.3 is 5.11 Å². The number of aliphatic hydroxyl groups is 1. The standard InChI is InChI=1S/C9H14N2O/c1-11-9-5-3-2-4-7(9)8(6-12)10-11/h12H,2-6H2,1H3. The maximum Gasteiger partial charge on any atom is 0.0913 e. The molecule has 12 heavy (non-hydrogen) atoms. The zero-order chi connectivity index (χ0) is 8.55. The molecule has 3 nitrogen and oxygen atoms in total. The highest BCUT2D eigenvalue weighted by molar-refractivity contribution is 5.28. The van der Waals surface area contributed by atoms with E-state index in [-0.39, 0.29) is 6.61 Å². The Morgan fingerprint density at radius 3 is 2.92 bits per heavy atom. The Hall–Kier alpha value is -0.830. The minimum atomic E-state index is 0.0865. The highest BCUT2D eigenvalue weighted by Gasteiger charge is 2.17. The number of fused-ring (bicyclic) bond motifs is 1. The molecule has 66 valence electrons. The molecule has 1 aliphatic rings. The normalized spacial score (nSPS) is 16.2. The molecule has 1 aliphatic carbocycles. The largest absolute Gasteiger partial charge is 0.390 e. The number of hydrogen-bond donors (Lipinski definition) is 1. The van der Waals surface area contributed by atoms with E-state index in [1.54, 1.807) is 0 Å². The van der Waals surface area contributed by atoms with Crippen LogP contribution in [0.3, 0.4) is 0 Å². The highest BCUT2D eigenvalue weighted by Crippen LogP contribution is 2.23. The molecule has 1 heterocycles. The summed E-state index contributed by atoms with van der Waals surface area (Å²) in [6.07, 6.45) is 4.72. The first kappa shape index (κ1) is 7.80. The van der Waals surface area contributed by atoms with E-state index in [4.69, 9.17) is 5.11 Å². The number of hydrogen-bond acceptors (Lipinski definition) is 2. The van der Waals surface area contributed by atoms with E-state index in [0.29, 0.717) is 0 Å². The van der Waals surface area contributed by atoms with Crippen molar-refractivity contribution in [2.45, 2.75) is 32.3 Å². The molecular formula is C9H14N2O. The third-order valence-electron chi connectivity index (χ3n) is 2.60. The third kappa shape index (κ3) is 1.05. The third-order valence-corrected chi connectivity index (χ3v) is 2.60. The predicted molar refractivity (Wildman–Crippen MR) is 45.8 cm³/mol. The van der Waals surface area contributed by atoms with Gasteiger partial charge in [0.15, 0.2) is 0 Å². The second-order valence-electron chi connectivity index (χ2n) is 3.36. The van der Waals surface area contributed by atoms with Crippen molar-refractivity contribution < 1.29 is 5.11 Å². The van der Waals surface area contributed by atoms with E-state index in [9.17, 15) is 0 Å². The van der Waals surface area contributed by atoms with Crippen LogP contribution in [0.15, 0.2) is 0 Å². The summed E-state index contributed by atoms with van der Waals surface area (Å²) < 4.78 is 1.92. The first-order valence-electron chi connectivity index (χ1n) is 4.47. The van der Waals surface area contributed by atoms with Gasteiger partial charge in [0.05, 0.1) is 12.3 Å². The minimum Gasteiger partial charge on any atom is -0.390 e. The Labute approximate surface area is 72.0 Å². The van der Waals surface area contributed by atoms with Gasteiger partial charge in [-0.2, -0.15) is 5.10 Å². The van der Waals surface area contributed by atoms with Crippen LogP contribution in [0.4, 0.5) is 0 Å². The van der Waals surface area contributed by atoms with Crippen LogP contribution >= 0.6 is 0 Å². The summed E-state index contributed by atoms with van der Waals surface area (Å²) in [6, 6.07) is 0. The van der Waals surface area contributed by atoms with Gasteiger partial charge in [-0.25, -0.2) is 0 Å². The van der Waals surface area contributed by atoms with E-state index in [0.717, 1.165) is 18.5 Å². The number of nitrogens with zero attached hydrogens (tertiary/aromatic N) is 2. The summed E-state index contributed by atoms with van der Waals surface area (Å²) in [5.74, 6) is 0. The molecule has 0 spiro atoms. The van der Waals surface area contributed by atoms with Gasteiger partial charge in [0, 0.05) is 12.7 Å². The maximum absolute atomic E-state index is 9.03. The van der Waals surface area contributed by atoms with E-state index in [2.05, 4.69) is 5.10 Å². The van der Waals surface area contributed by atoms with E-state index < -0.39 is 0 Å². The van der Waals surface area contributed by atoms with Crippen molar-refractivity contribution in [2.24, 2.45) is 7.05 Å². The molecule has 0 bridgehead atoms. The van der Waals surface area contributed by atoms with Crippen LogP contribution in [0.2, 0.25) is 0 Å².